The van der Waals surface area contributed by atoms with Crippen molar-refractivity contribution >= 4 is 37.5 Å². The van der Waals surface area contributed by atoms with Crippen LogP contribution in [0.3, 0.4) is 0 Å². The lowest BCUT2D eigenvalue weighted by Gasteiger charge is -2.11. The largest absolute Gasteiger partial charge is 0.352 e. The molecule has 0 spiro atoms. The Morgan fingerprint density at radius 3 is 2.65 bits per heavy atom. The monoisotopic (exact) mass is 389 g/mol. The Morgan fingerprint density at radius 2 is 1.96 bits per heavy atom. The number of carbonyl (C=O) groups is 1. The van der Waals surface area contributed by atoms with Crippen LogP contribution in [0.1, 0.15) is 26.5 Å². The molecule has 3 aromatic rings. The molecule has 6 nitrogen and oxygen atoms in total. The van der Waals surface area contributed by atoms with E-state index in [-0.39, 0.29) is 16.4 Å². The van der Waals surface area contributed by atoms with Crippen LogP contribution in [0, 0.1) is 13.8 Å². The van der Waals surface area contributed by atoms with Gasteiger partial charge in [0.2, 0.25) is 10.0 Å². The Bertz CT molecular complexity index is 1060. The van der Waals surface area contributed by atoms with Crippen LogP contribution in [0.15, 0.2) is 41.3 Å². The molecule has 1 amide bonds. The van der Waals surface area contributed by atoms with Crippen LogP contribution in [0.25, 0.3) is 10.2 Å². The van der Waals surface area contributed by atoms with E-state index in [1.165, 1.54) is 6.07 Å². The quantitative estimate of drug-likeness (QED) is 0.700. The molecule has 0 saturated carbocycles. The minimum Gasteiger partial charge on any atom is -0.352 e. The summed E-state index contributed by atoms with van der Waals surface area (Å²) in [7, 11) is -3.88. The molecule has 0 radical (unpaired) electrons. The first-order valence-corrected chi connectivity index (χ1v) is 10.4. The van der Waals surface area contributed by atoms with Gasteiger partial charge in [-0.3, -0.25) is 4.79 Å². The predicted octanol–water partition coefficient (Wildman–Crippen LogP) is 2.53. The topological polar surface area (TPSA) is 102 Å². The second kappa shape index (κ2) is 7.14. The molecule has 3 rings (SSSR count). The smallest absolute Gasteiger partial charge is 0.251 e. The van der Waals surface area contributed by atoms with Crippen molar-refractivity contribution in [3.8, 4) is 0 Å². The van der Waals surface area contributed by atoms with E-state index in [4.69, 9.17) is 5.14 Å². The highest BCUT2D eigenvalue weighted by Gasteiger charge is 2.17. The number of aryl methyl sites for hydroxylation is 1. The molecule has 0 aliphatic carbocycles. The van der Waals surface area contributed by atoms with E-state index in [9.17, 15) is 13.2 Å². The zero-order valence-electron chi connectivity index (χ0n) is 14.4. The molecule has 0 aliphatic rings. The summed E-state index contributed by atoms with van der Waals surface area (Å²) in [5.74, 6) is -0.334. The number of aromatic nitrogens is 1. The van der Waals surface area contributed by atoms with Crippen molar-refractivity contribution in [3.05, 3.63) is 58.1 Å². The lowest BCUT2D eigenvalue weighted by Crippen LogP contribution is -2.26. The Morgan fingerprint density at radius 1 is 1.23 bits per heavy atom. The number of amides is 1. The van der Waals surface area contributed by atoms with Crippen LogP contribution in [-0.2, 0) is 16.4 Å². The highest BCUT2D eigenvalue weighted by atomic mass is 32.2. The van der Waals surface area contributed by atoms with E-state index < -0.39 is 10.0 Å². The summed E-state index contributed by atoms with van der Waals surface area (Å²) in [6.07, 6.45) is 0.609. The van der Waals surface area contributed by atoms with E-state index in [2.05, 4.69) is 10.3 Å². The molecule has 2 aromatic carbocycles. The van der Waals surface area contributed by atoms with E-state index in [1.54, 1.807) is 31.3 Å². The molecule has 136 valence electrons. The first kappa shape index (κ1) is 18.5. The number of rotatable bonds is 5. The normalized spacial score (nSPS) is 11.7. The zero-order valence-corrected chi connectivity index (χ0v) is 16.1. The molecule has 3 N–H and O–H groups in total. The SMILES string of the molecule is Cc1cc(C(=O)NCCc2nc3ccccc3s2)cc(S(N)(=O)=O)c1C. The summed E-state index contributed by atoms with van der Waals surface area (Å²) in [5, 5.41) is 8.99. The second-order valence-electron chi connectivity index (χ2n) is 6.04. The van der Waals surface area contributed by atoms with Gasteiger partial charge in [0.15, 0.2) is 0 Å². The number of hydrogen-bond acceptors (Lipinski definition) is 5. The number of nitrogens with zero attached hydrogens (tertiary/aromatic N) is 1. The molecular weight excluding hydrogens is 370 g/mol. The van der Waals surface area contributed by atoms with Crippen LogP contribution in [0.4, 0.5) is 0 Å². The van der Waals surface area contributed by atoms with Crippen molar-refractivity contribution in [2.75, 3.05) is 6.54 Å². The Labute approximate surface area is 156 Å². The number of benzene rings is 2. The van der Waals surface area contributed by atoms with Crippen molar-refractivity contribution in [1.82, 2.24) is 10.3 Å². The van der Waals surface area contributed by atoms with Crippen molar-refractivity contribution in [2.24, 2.45) is 5.14 Å². The van der Waals surface area contributed by atoms with Crippen LogP contribution < -0.4 is 10.5 Å². The molecule has 26 heavy (non-hydrogen) atoms. The Balaban J connectivity index is 1.71. The molecule has 1 heterocycles. The maximum Gasteiger partial charge on any atom is 0.251 e. The van der Waals surface area contributed by atoms with Gasteiger partial charge in [0, 0.05) is 18.5 Å². The maximum absolute atomic E-state index is 12.4. The lowest BCUT2D eigenvalue weighted by molar-refractivity contribution is 0.0954. The predicted molar refractivity (Wildman–Crippen MR) is 103 cm³/mol. The zero-order chi connectivity index (χ0) is 18.9. The first-order valence-electron chi connectivity index (χ1n) is 8.02. The number of para-hydroxylation sites is 1. The standard InChI is InChI=1S/C18H19N3O3S2/c1-11-9-13(10-16(12(11)2)26(19,23)24)18(22)20-8-7-17-21-14-5-3-4-6-15(14)25-17/h3-6,9-10H,7-8H2,1-2H3,(H,20,22)(H2,19,23,24). The fraction of sp³-hybridized carbons (Fsp3) is 0.222. The molecule has 8 heteroatoms. The lowest BCUT2D eigenvalue weighted by atomic mass is 10.1. The maximum atomic E-state index is 12.4. The van der Waals surface area contributed by atoms with Crippen LogP contribution in [0.2, 0.25) is 0 Å². The van der Waals surface area contributed by atoms with Gasteiger partial charge in [0.1, 0.15) is 0 Å². The van der Waals surface area contributed by atoms with Crippen molar-refractivity contribution in [1.29, 1.82) is 0 Å². The third-order valence-electron chi connectivity index (χ3n) is 4.15. The van der Waals surface area contributed by atoms with Gasteiger partial charge in [-0.2, -0.15) is 0 Å². The highest BCUT2D eigenvalue weighted by molar-refractivity contribution is 7.89. The number of nitrogens with one attached hydrogen (secondary N) is 1. The summed E-state index contributed by atoms with van der Waals surface area (Å²) in [5.41, 5.74) is 2.48. The third kappa shape index (κ3) is 3.92. The minimum absolute atomic E-state index is 0.0196. The van der Waals surface area contributed by atoms with Crippen molar-refractivity contribution in [3.63, 3.8) is 0 Å². The van der Waals surface area contributed by atoms with Gasteiger partial charge in [-0.25, -0.2) is 18.5 Å². The first-order chi connectivity index (χ1) is 12.3. The number of hydrogen-bond donors (Lipinski definition) is 2. The average Bonchev–Trinajstić information content (AvgIpc) is 2.98. The number of primary sulfonamides is 1. The molecule has 0 fully saturated rings. The summed E-state index contributed by atoms with van der Waals surface area (Å²) in [6, 6.07) is 10.9. The molecule has 0 bridgehead atoms. The average molecular weight is 390 g/mol. The van der Waals surface area contributed by atoms with Crippen molar-refractivity contribution < 1.29 is 13.2 Å². The van der Waals surface area contributed by atoms with Crippen LogP contribution in [-0.4, -0.2) is 25.9 Å². The molecule has 0 unspecified atom stereocenters. The molecule has 0 aliphatic heterocycles. The second-order valence-corrected chi connectivity index (χ2v) is 8.69. The Hall–Kier alpha value is -2.29. The summed E-state index contributed by atoms with van der Waals surface area (Å²) in [6.45, 7) is 3.84. The van der Waals surface area contributed by atoms with E-state index in [0.717, 1.165) is 15.2 Å². The van der Waals surface area contributed by atoms with Crippen molar-refractivity contribution in [2.45, 2.75) is 25.2 Å². The number of fused-ring (bicyclic) bond motifs is 1. The van der Waals surface area contributed by atoms with Gasteiger partial charge in [-0.15, -0.1) is 11.3 Å². The fourth-order valence-corrected chi connectivity index (χ4v) is 4.51. The molecule has 0 atom stereocenters. The van der Waals surface area contributed by atoms with Gasteiger partial charge in [-0.05, 0) is 49.2 Å². The summed E-state index contributed by atoms with van der Waals surface area (Å²) < 4.78 is 24.5. The number of sulfonamides is 1. The summed E-state index contributed by atoms with van der Waals surface area (Å²) in [4.78, 5) is 16.9. The van der Waals surface area contributed by atoms with Gasteiger partial charge in [0.25, 0.3) is 5.91 Å². The van der Waals surface area contributed by atoms with Gasteiger partial charge in [0.05, 0.1) is 20.1 Å². The highest BCUT2D eigenvalue weighted by Crippen LogP contribution is 2.22. The van der Waals surface area contributed by atoms with Gasteiger partial charge in [-0.1, -0.05) is 12.1 Å². The van der Waals surface area contributed by atoms with Gasteiger partial charge >= 0.3 is 0 Å². The minimum atomic E-state index is -3.88. The van der Waals surface area contributed by atoms with E-state index in [1.807, 2.05) is 24.3 Å². The third-order valence-corrected chi connectivity index (χ3v) is 6.28. The van der Waals surface area contributed by atoms with Crippen LogP contribution >= 0.6 is 11.3 Å². The molecule has 0 saturated heterocycles. The number of carbonyl (C=O) groups excluding carboxylic acids is 1. The van der Waals surface area contributed by atoms with Gasteiger partial charge < -0.3 is 5.32 Å². The number of thiazole rings is 1. The Kier molecular flexibility index (Phi) is 5.08. The fourth-order valence-electron chi connectivity index (χ4n) is 2.67. The molecular formula is C18H19N3O3S2. The van der Waals surface area contributed by atoms with Crippen LogP contribution in [0.5, 0.6) is 0 Å². The van der Waals surface area contributed by atoms with E-state index >= 15 is 0 Å². The number of nitrogens with two attached hydrogens (primary N) is 1. The molecule has 1 aromatic heterocycles. The summed E-state index contributed by atoms with van der Waals surface area (Å²) >= 11 is 1.60. The van der Waals surface area contributed by atoms with E-state index in [0.29, 0.717) is 24.1 Å².